The van der Waals surface area contributed by atoms with Crippen LogP contribution in [0.15, 0.2) is 72.8 Å². The van der Waals surface area contributed by atoms with Gasteiger partial charge in [0.05, 0.1) is 16.9 Å². The van der Waals surface area contributed by atoms with Crippen LogP contribution >= 0.6 is 0 Å². The van der Waals surface area contributed by atoms with Crippen molar-refractivity contribution in [3.63, 3.8) is 0 Å². The van der Waals surface area contributed by atoms with Crippen molar-refractivity contribution in [1.29, 1.82) is 0 Å². The summed E-state index contributed by atoms with van der Waals surface area (Å²) >= 11 is 0. The number of esters is 1. The van der Waals surface area contributed by atoms with Gasteiger partial charge in [-0.1, -0.05) is 60.2 Å². The van der Waals surface area contributed by atoms with E-state index in [9.17, 15) is 19.2 Å². The highest BCUT2D eigenvalue weighted by atomic mass is 16.5. The van der Waals surface area contributed by atoms with Gasteiger partial charge in [0, 0.05) is 11.1 Å². The molecule has 0 aromatic heterocycles. The molecule has 0 saturated carbocycles. The monoisotopic (exact) mass is 456 g/mol. The third kappa shape index (κ3) is 4.20. The molecule has 3 aromatic carbocycles. The smallest absolute Gasteiger partial charge is 0.339 e. The Morgan fingerprint density at radius 2 is 1.50 bits per heavy atom. The zero-order valence-electron chi connectivity index (χ0n) is 19.1. The second kappa shape index (κ2) is 8.94. The first kappa shape index (κ1) is 22.9. The Hall–Kier alpha value is -4.26. The van der Waals surface area contributed by atoms with E-state index in [0.29, 0.717) is 16.9 Å². The van der Waals surface area contributed by atoms with Gasteiger partial charge in [0.15, 0.2) is 12.4 Å². The molecule has 1 heterocycles. The third-order valence-corrected chi connectivity index (χ3v) is 5.79. The van der Waals surface area contributed by atoms with Gasteiger partial charge in [-0.15, -0.1) is 0 Å². The number of anilines is 2. The zero-order valence-corrected chi connectivity index (χ0v) is 19.1. The highest BCUT2D eigenvalue weighted by Crippen LogP contribution is 2.36. The fraction of sp³-hybridized carbons (Fsp3) is 0.185. The Morgan fingerprint density at radius 3 is 2.21 bits per heavy atom. The minimum atomic E-state index is -1.18. The van der Waals surface area contributed by atoms with Gasteiger partial charge in [0.1, 0.15) is 5.54 Å². The summed E-state index contributed by atoms with van der Waals surface area (Å²) < 4.78 is 5.32. The number of carbonyl (C=O) groups is 4. The Kier molecular flexibility index (Phi) is 6.03. The van der Waals surface area contributed by atoms with Crippen LogP contribution in [0.5, 0.6) is 0 Å². The summed E-state index contributed by atoms with van der Waals surface area (Å²) in [4.78, 5) is 52.9. The van der Waals surface area contributed by atoms with Crippen LogP contribution in [0.4, 0.5) is 11.4 Å². The molecule has 0 atom stereocenters. The van der Waals surface area contributed by atoms with Crippen LogP contribution in [0, 0.1) is 6.92 Å². The molecule has 0 fully saturated rings. The lowest BCUT2D eigenvalue weighted by Gasteiger charge is -2.41. The van der Waals surface area contributed by atoms with Gasteiger partial charge < -0.3 is 10.1 Å². The van der Waals surface area contributed by atoms with E-state index < -0.39 is 24.0 Å². The highest BCUT2D eigenvalue weighted by Gasteiger charge is 2.43. The van der Waals surface area contributed by atoms with Crippen LogP contribution in [-0.4, -0.2) is 35.7 Å². The number of ether oxygens (including phenoxy) is 1. The molecular formula is C27H24N2O5. The van der Waals surface area contributed by atoms with Gasteiger partial charge in [-0.05, 0) is 39.0 Å². The maximum absolute atomic E-state index is 13.1. The molecule has 3 aromatic rings. The maximum atomic E-state index is 13.1. The van der Waals surface area contributed by atoms with Crippen molar-refractivity contribution in [3.8, 4) is 0 Å². The number of aryl methyl sites for hydroxylation is 1. The Morgan fingerprint density at radius 1 is 0.882 bits per heavy atom. The second-order valence-corrected chi connectivity index (χ2v) is 8.58. The summed E-state index contributed by atoms with van der Waals surface area (Å²) in [6, 6.07) is 20.3. The molecule has 7 nitrogen and oxygen atoms in total. The minimum Gasteiger partial charge on any atom is -0.452 e. The summed E-state index contributed by atoms with van der Waals surface area (Å²) in [5, 5.41) is 2.79. The van der Waals surface area contributed by atoms with Gasteiger partial charge in [-0.25, -0.2) is 4.79 Å². The predicted octanol–water partition coefficient (Wildman–Crippen LogP) is 4.15. The number of ketones is 1. The molecule has 0 spiro atoms. The lowest BCUT2D eigenvalue weighted by atomic mass is 9.96. The van der Waals surface area contributed by atoms with E-state index in [4.69, 9.17) is 4.74 Å². The lowest BCUT2D eigenvalue weighted by Crippen LogP contribution is -2.59. The van der Waals surface area contributed by atoms with Crippen molar-refractivity contribution in [2.75, 3.05) is 16.8 Å². The predicted molar refractivity (Wildman–Crippen MR) is 128 cm³/mol. The summed E-state index contributed by atoms with van der Waals surface area (Å²) in [6.45, 7) is 4.57. The topological polar surface area (TPSA) is 92.8 Å². The van der Waals surface area contributed by atoms with Crippen LogP contribution < -0.4 is 10.2 Å². The van der Waals surface area contributed by atoms with Crippen molar-refractivity contribution < 1.29 is 23.9 Å². The number of fused-ring (bicyclic) bond motifs is 1. The molecule has 172 valence electrons. The number of rotatable bonds is 5. The van der Waals surface area contributed by atoms with E-state index in [2.05, 4.69) is 5.32 Å². The van der Waals surface area contributed by atoms with Crippen LogP contribution in [0.25, 0.3) is 0 Å². The fourth-order valence-electron chi connectivity index (χ4n) is 3.89. The van der Waals surface area contributed by atoms with Crippen molar-refractivity contribution in [2.45, 2.75) is 26.3 Å². The van der Waals surface area contributed by atoms with Crippen LogP contribution in [0.2, 0.25) is 0 Å². The van der Waals surface area contributed by atoms with Gasteiger partial charge in [0.2, 0.25) is 5.91 Å². The number of nitrogens with one attached hydrogen (secondary N) is 1. The van der Waals surface area contributed by atoms with Crippen molar-refractivity contribution >= 4 is 34.9 Å². The Balaban J connectivity index is 1.55. The summed E-state index contributed by atoms with van der Waals surface area (Å²) in [5.74, 6) is -2.01. The molecule has 0 bridgehead atoms. The van der Waals surface area contributed by atoms with Crippen molar-refractivity contribution in [2.24, 2.45) is 0 Å². The van der Waals surface area contributed by atoms with E-state index in [1.165, 1.54) is 11.0 Å². The number of hydrogen-bond acceptors (Lipinski definition) is 5. The second-order valence-electron chi connectivity index (χ2n) is 8.58. The molecule has 0 unspecified atom stereocenters. The lowest BCUT2D eigenvalue weighted by molar-refractivity contribution is -0.128. The minimum absolute atomic E-state index is 0.0666. The molecular weight excluding hydrogens is 432 g/mol. The Labute approximate surface area is 197 Å². The molecule has 1 aliphatic heterocycles. The van der Waals surface area contributed by atoms with Crippen LogP contribution in [-0.2, 0) is 14.3 Å². The average Bonchev–Trinajstić information content (AvgIpc) is 2.83. The number of hydrogen-bond donors (Lipinski definition) is 1. The van der Waals surface area contributed by atoms with E-state index in [1.54, 1.807) is 68.4 Å². The molecule has 34 heavy (non-hydrogen) atoms. The third-order valence-electron chi connectivity index (χ3n) is 5.79. The molecule has 2 amide bonds. The highest BCUT2D eigenvalue weighted by molar-refractivity contribution is 6.16. The first-order valence-electron chi connectivity index (χ1n) is 10.8. The van der Waals surface area contributed by atoms with E-state index in [0.717, 1.165) is 5.56 Å². The molecule has 0 radical (unpaired) electrons. The molecule has 7 heteroatoms. The fourth-order valence-corrected chi connectivity index (χ4v) is 3.89. The molecule has 4 rings (SSSR count). The molecule has 1 aliphatic rings. The summed E-state index contributed by atoms with van der Waals surface area (Å²) in [7, 11) is 0. The molecule has 0 saturated heterocycles. The SMILES string of the molecule is Cc1ccc(C(=O)c2ccccc2C(=O)OCC(=O)N2c3ccccc3NC(=O)C2(C)C)cc1. The van der Waals surface area contributed by atoms with Crippen molar-refractivity contribution in [1.82, 2.24) is 0 Å². The first-order valence-corrected chi connectivity index (χ1v) is 10.8. The standard InChI is InChI=1S/C27H24N2O5/c1-17-12-14-18(15-13-17)24(31)19-8-4-5-9-20(19)25(32)34-16-23(30)29-22-11-7-6-10-21(22)28-26(33)27(29,2)3/h4-15H,16H2,1-3H3,(H,28,33). The molecule has 1 N–H and O–H groups in total. The van der Waals surface area contributed by atoms with E-state index in [1.807, 2.05) is 19.1 Å². The first-order chi connectivity index (χ1) is 16.2. The average molecular weight is 456 g/mol. The Bertz CT molecular complexity index is 1290. The van der Waals surface area contributed by atoms with Crippen LogP contribution in [0.1, 0.15) is 45.7 Å². The van der Waals surface area contributed by atoms with Gasteiger partial charge in [-0.2, -0.15) is 0 Å². The van der Waals surface area contributed by atoms with Crippen molar-refractivity contribution in [3.05, 3.63) is 95.1 Å². The van der Waals surface area contributed by atoms with Gasteiger partial charge in [0.25, 0.3) is 5.91 Å². The normalized spacial score (nSPS) is 14.1. The summed E-state index contributed by atoms with van der Waals surface area (Å²) in [5.41, 5.74) is 1.54. The maximum Gasteiger partial charge on any atom is 0.339 e. The number of amides is 2. The van der Waals surface area contributed by atoms with Crippen LogP contribution in [0.3, 0.4) is 0 Å². The quantitative estimate of drug-likeness (QED) is 0.460. The molecule has 0 aliphatic carbocycles. The van der Waals surface area contributed by atoms with Gasteiger partial charge >= 0.3 is 5.97 Å². The van der Waals surface area contributed by atoms with Gasteiger partial charge in [-0.3, -0.25) is 19.3 Å². The van der Waals surface area contributed by atoms with E-state index in [-0.39, 0.29) is 22.8 Å². The van der Waals surface area contributed by atoms with E-state index >= 15 is 0 Å². The number of nitrogens with zero attached hydrogens (tertiary/aromatic N) is 1. The zero-order chi connectivity index (χ0) is 24.5. The number of carbonyl (C=O) groups excluding carboxylic acids is 4. The summed E-state index contributed by atoms with van der Waals surface area (Å²) in [6.07, 6.45) is 0. The number of para-hydroxylation sites is 2. The number of benzene rings is 3. The largest absolute Gasteiger partial charge is 0.452 e.